The molecule has 2 N–H and O–H groups in total. The summed E-state index contributed by atoms with van der Waals surface area (Å²) < 4.78 is 6.98. The van der Waals surface area contributed by atoms with Gasteiger partial charge in [0.25, 0.3) is 0 Å². The van der Waals surface area contributed by atoms with Crippen molar-refractivity contribution in [3.8, 4) is 11.5 Å². The number of hydrogen-bond donors (Lipinski definition) is 2. The van der Waals surface area contributed by atoms with E-state index < -0.39 is 0 Å². The number of phenols is 1. The third-order valence-corrected chi connectivity index (χ3v) is 3.73. The van der Waals surface area contributed by atoms with Crippen LogP contribution in [0.4, 0.5) is 0 Å². The van der Waals surface area contributed by atoms with Gasteiger partial charge in [0.1, 0.15) is 6.54 Å². The molecule has 0 aliphatic rings. The Bertz CT molecular complexity index is 839. The fraction of sp³-hybridized carbons (Fsp3) is 0.167. The number of carbonyl (C=O) groups is 1. The van der Waals surface area contributed by atoms with E-state index in [1.165, 1.54) is 7.11 Å². The van der Waals surface area contributed by atoms with Crippen LogP contribution in [0.25, 0.3) is 10.9 Å². The fourth-order valence-corrected chi connectivity index (χ4v) is 2.52. The first-order valence-corrected chi connectivity index (χ1v) is 7.34. The van der Waals surface area contributed by atoms with Gasteiger partial charge in [-0.25, -0.2) is 0 Å². The molecule has 0 saturated heterocycles. The third kappa shape index (κ3) is 3.29. The molecule has 0 spiro atoms. The van der Waals surface area contributed by atoms with Crippen molar-refractivity contribution in [1.82, 2.24) is 9.88 Å². The summed E-state index contributed by atoms with van der Waals surface area (Å²) in [4.78, 5) is 12.1. The second-order valence-electron chi connectivity index (χ2n) is 5.29. The van der Waals surface area contributed by atoms with E-state index in [4.69, 9.17) is 4.74 Å². The molecule has 0 aliphatic heterocycles. The molecule has 5 heteroatoms. The van der Waals surface area contributed by atoms with E-state index >= 15 is 0 Å². The number of hydrogen-bond acceptors (Lipinski definition) is 3. The summed E-state index contributed by atoms with van der Waals surface area (Å²) in [5.41, 5.74) is 1.90. The van der Waals surface area contributed by atoms with Gasteiger partial charge in [-0.2, -0.15) is 0 Å². The lowest BCUT2D eigenvalue weighted by Crippen LogP contribution is -2.26. The Morgan fingerprint density at radius 2 is 2.04 bits per heavy atom. The monoisotopic (exact) mass is 310 g/mol. The fourth-order valence-electron chi connectivity index (χ4n) is 2.52. The van der Waals surface area contributed by atoms with Gasteiger partial charge in [-0.15, -0.1) is 0 Å². The largest absolute Gasteiger partial charge is 0.504 e. The van der Waals surface area contributed by atoms with Crippen molar-refractivity contribution in [3.05, 3.63) is 60.3 Å². The Morgan fingerprint density at radius 3 is 2.87 bits per heavy atom. The maximum Gasteiger partial charge on any atom is 0.240 e. The molecule has 2 aromatic carbocycles. The van der Waals surface area contributed by atoms with Crippen molar-refractivity contribution >= 4 is 16.8 Å². The van der Waals surface area contributed by atoms with Crippen molar-refractivity contribution in [3.63, 3.8) is 0 Å². The SMILES string of the molecule is COc1cc(CNC(=O)Cn2ccc3ccccc32)ccc1O. The number of ether oxygens (including phenoxy) is 1. The minimum atomic E-state index is -0.0709. The number of nitrogens with zero attached hydrogens (tertiary/aromatic N) is 1. The molecule has 23 heavy (non-hydrogen) atoms. The highest BCUT2D eigenvalue weighted by Crippen LogP contribution is 2.26. The summed E-state index contributed by atoms with van der Waals surface area (Å²) in [7, 11) is 1.49. The quantitative estimate of drug-likeness (QED) is 0.761. The van der Waals surface area contributed by atoms with E-state index in [0.29, 0.717) is 12.3 Å². The molecule has 0 saturated carbocycles. The van der Waals surface area contributed by atoms with Crippen LogP contribution < -0.4 is 10.1 Å². The van der Waals surface area contributed by atoms with Gasteiger partial charge >= 0.3 is 0 Å². The smallest absolute Gasteiger partial charge is 0.240 e. The number of para-hydroxylation sites is 1. The van der Waals surface area contributed by atoms with Crippen LogP contribution in [0, 0.1) is 0 Å². The Labute approximate surface area is 134 Å². The minimum Gasteiger partial charge on any atom is -0.504 e. The molecule has 0 unspecified atom stereocenters. The highest BCUT2D eigenvalue weighted by molar-refractivity contribution is 5.83. The number of fused-ring (bicyclic) bond motifs is 1. The molecule has 0 radical (unpaired) electrons. The van der Waals surface area contributed by atoms with E-state index in [1.54, 1.807) is 18.2 Å². The van der Waals surface area contributed by atoms with Gasteiger partial charge in [0, 0.05) is 18.3 Å². The summed E-state index contributed by atoms with van der Waals surface area (Å²) in [6.45, 7) is 0.650. The molecule has 0 fully saturated rings. The van der Waals surface area contributed by atoms with E-state index in [0.717, 1.165) is 16.5 Å². The molecular formula is C18H18N2O3. The number of rotatable bonds is 5. The Hall–Kier alpha value is -2.95. The molecule has 0 bridgehead atoms. The number of amides is 1. The van der Waals surface area contributed by atoms with Gasteiger partial charge in [0.05, 0.1) is 7.11 Å². The lowest BCUT2D eigenvalue weighted by Gasteiger charge is -2.09. The normalized spacial score (nSPS) is 10.7. The molecule has 1 aromatic heterocycles. The van der Waals surface area contributed by atoms with Crippen LogP contribution in [0.2, 0.25) is 0 Å². The second-order valence-corrected chi connectivity index (χ2v) is 5.29. The standard InChI is InChI=1S/C18H18N2O3/c1-23-17-10-13(6-7-16(17)21)11-19-18(22)12-20-9-8-14-4-2-3-5-15(14)20/h2-10,21H,11-12H2,1H3,(H,19,22). The first-order chi connectivity index (χ1) is 11.2. The molecule has 1 heterocycles. The number of nitrogens with one attached hydrogen (secondary N) is 1. The van der Waals surface area contributed by atoms with Gasteiger partial charge in [0.15, 0.2) is 11.5 Å². The number of aromatic nitrogens is 1. The molecule has 3 rings (SSSR count). The van der Waals surface area contributed by atoms with Gasteiger partial charge < -0.3 is 19.7 Å². The zero-order chi connectivity index (χ0) is 16.2. The summed E-state index contributed by atoms with van der Waals surface area (Å²) in [5.74, 6) is 0.410. The average molecular weight is 310 g/mol. The average Bonchev–Trinajstić information content (AvgIpc) is 2.97. The predicted octanol–water partition coefficient (Wildman–Crippen LogP) is 2.67. The molecule has 3 aromatic rings. The van der Waals surface area contributed by atoms with Crippen LogP contribution in [-0.2, 0) is 17.9 Å². The van der Waals surface area contributed by atoms with Crippen LogP contribution in [0.1, 0.15) is 5.56 Å². The summed E-state index contributed by atoms with van der Waals surface area (Å²) in [6.07, 6.45) is 1.91. The summed E-state index contributed by atoms with van der Waals surface area (Å²) in [5, 5.41) is 13.6. The lowest BCUT2D eigenvalue weighted by atomic mass is 10.2. The number of benzene rings is 2. The zero-order valence-corrected chi connectivity index (χ0v) is 12.8. The number of carbonyl (C=O) groups excluding carboxylic acids is 1. The Morgan fingerprint density at radius 1 is 1.22 bits per heavy atom. The highest BCUT2D eigenvalue weighted by atomic mass is 16.5. The molecule has 118 valence electrons. The second kappa shape index (κ2) is 6.44. The molecule has 0 atom stereocenters. The van der Waals surface area contributed by atoms with Gasteiger partial charge in [-0.1, -0.05) is 24.3 Å². The van der Waals surface area contributed by atoms with E-state index in [-0.39, 0.29) is 18.2 Å². The Kier molecular flexibility index (Phi) is 4.19. The summed E-state index contributed by atoms with van der Waals surface area (Å²) >= 11 is 0. The Balaban J connectivity index is 1.64. The van der Waals surface area contributed by atoms with Crippen LogP contribution >= 0.6 is 0 Å². The molecule has 0 aliphatic carbocycles. The van der Waals surface area contributed by atoms with E-state index in [9.17, 15) is 9.90 Å². The first kappa shape index (κ1) is 15.0. The number of methoxy groups -OCH3 is 1. The maximum absolute atomic E-state index is 12.1. The van der Waals surface area contributed by atoms with Crippen LogP contribution in [0.5, 0.6) is 11.5 Å². The molecule has 1 amide bonds. The van der Waals surface area contributed by atoms with E-state index in [2.05, 4.69) is 5.32 Å². The van der Waals surface area contributed by atoms with Crippen molar-refractivity contribution in [2.75, 3.05) is 7.11 Å². The predicted molar refractivity (Wildman–Crippen MR) is 88.4 cm³/mol. The van der Waals surface area contributed by atoms with Crippen LogP contribution in [0.15, 0.2) is 54.7 Å². The van der Waals surface area contributed by atoms with Gasteiger partial charge in [0.2, 0.25) is 5.91 Å². The van der Waals surface area contributed by atoms with Crippen molar-refractivity contribution < 1.29 is 14.6 Å². The van der Waals surface area contributed by atoms with E-state index in [1.807, 2.05) is 41.1 Å². The molecule has 5 nitrogen and oxygen atoms in total. The topological polar surface area (TPSA) is 63.5 Å². The zero-order valence-electron chi connectivity index (χ0n) is 12.8. The van der Waals surface area contributed by atoms with Gasteiger partial charge in [-0.3, -0.25) is 4.79 Å². The van der Waals surface area contributed by atoms with Gasteiger partial charge in [-0.05, 0) is 35.2 Å². The summed E-state index contributed by atoms with van der Waals surface area (Å²) in [6, 6.07) is 15.0. The molecular weight excluding hydrogens is 292 g/mol. The third-order valence-electron chi connectivity index (χ3n) is 3.73. The van der Waals surface area contributed by atoms with Crippen molar-refractivity contribution in [1.29, 1.82) is 0 Å². The van der Waals surface area contributed by atoms with Crippen LogP contribution in [0.3, 0.4) is 0 Å². The van der Waals surface area contributed by atoms with Crippen molar-refractivity contribution in [2.24, 2.45) is 0 Å². The highest BCUT2D eigenvalue weighted by Gasteiger charge is 2.07. The number of aromatic hydroxyl groups is 1. The van der Waals surface area contributed by atoms with Crippen molar-refractivity contribution in [2.45, 2.75) is 13.1 Å². The maximum atomic E-state index is 12.1. The van der Waals surface area contributed by atoms with Crippen LogP contribution in [-0.4, -0.2) is 22.7 Å². The lowest BCUT2D eigenvalue weighted by molar-refractivity contribution is -0.121. The minimum absolute atomic E-state index is 0.0709. The number of phenolic OH excluding ortho intramolecular Hbond substituents is 1. The first-order valence-electron chi connectivity index (χ1n) is 7.34.